The van der Waals surface area contributed by atoms with Gasteiger partial charge in [0.2, 0.25) is 5.91 Å². The van der Waals surface area contributed by atoms with Gasteiger partial charge in [0, 0.05) is 5.92 Å². The lowest BCUT2D eigenvalue weighted by atomic mass is 9.98. The molecule has 35 heavy (non-hydrogen) atoms. The minimum Gasteiger partial charge on any atom is -0.480 e. The van der Waals surface area contributed by atoms with E-state index in [2.05, 4.69) is 17.4 Å². The second kappa shape index (κ2) is 9.70. The number of nitrogens with one attached hydrogen (secondary N) is 1. The first-order valence-corrected chi connectivity index (χ1v) is 11.9. The summed E-state index contributed by atoms with van der Waals surface area (Å²) in [6.07, 6.45) is -0.377. The van der Waals surface area contributed by atoms with Crippen LogP contribution in [0.15, 0.2) is 48.5 Å². The number of carbonyl (C=O) groups excluding carboxylic acids is 2. The highest BCUT2D eigenvalue weighted by molar-refractivity contribution is 5.90. The molecule has 0 radical (unpaired) electrons. The number of nitrogens with zero attached hydrogens (tertiary/aromatic N) is 1. The van der Waals surface area contributed by atoms with E-state index in [1.54, 1.807) is 13.8 Å². The molecular formula is C27H32N2O6. The van der Waals surface area contributed by atoms with Gasteiger partial charge in [0.25, 0.3) is 0 Å². The molecule has 2 N–H and O–H groups in total. The smallest absolute Gasteiger partial charge is 0.407 e. The van der Waals surface area contributed by atoms with Crippen LogP contribution in [0.1, 0.15) is 51.2 Å². The maximum absolute atomic E-state index is 13.4. The minimum absolute atomic E-state index is 0.0766. The largest absolute Gasteiger partial charge is 0.480 e. The third-order valence-corrected chi connectivity index (χ3v) is 6.65. The third-order valence-electron chi connectivity index (χ3n) is 6.65. The molecular weight excluding hydrogens is 448 g/mol. The number of alkyl carbamates (subject to hydrolysis) is 1. The average molecular weight is 481 g/mol. The first-order valence-electron chi connectivity index (χ1n) is 11.9. The van der Waals surface area contributed by atoms with Crippen molar-refractivity contribution in [3.8, 4) is 11.1 Å². The number of rotatable bonds is 7. The normalized spacial score (nSPS) is 19.2. The molecule has 2 amide bonds. The standard InChI is InChI=1S/C27H32N2O6/c1-16(2)13-22(24(30)29-23(25(31)32)15-35-27(29,3)4)28-26(33)34-14-21-19-11-7-5-9-17(19)18-10-6-8-12-20(18)21/h5-12,16,21-23H,13-15H2,1-4H3,(H,28,33)(H,31,32)/t22-,23-/m1/s1. The van der Waals surface area contributed by atoms with Gasteiger partial charge in [-0.2, -0.15) is 0 Å². The van der Waals surface area contributed by atoms with Gasteiger partial charge < -0.3 is 19.9 Å². The quantitative estimate of drug-likeness (QED) is 0.621. The van der Waals surface area contributed by atoms with Crippen LogP contribution in [0.5, 0.6) is 0 Å². The summed E-state index contributed by atoms with van der Waals surface area (Å²) in [6.45, 7) is 7.17. The second-order valence-electron chi connectivity index (χ2n) is 9.97. The fraction of sp³-hybridized carbons (Fsp3) is 0.444. The predicted molar refractivity (Wildman–Crippen MR) is 130 cm³/mol. The number of fused-ring (bicyclic) bond motifs is 3. The summed E-state index contributed by atoms with van der Waals surface area (Å²) >= 11 is 0. The first kappa shape index (κ1) is 24.7. The number of carboxylic acids is 1. The van der Waals surface area contributed by atoms with Crippen molar-refractivity contribution in [2.24, 2.45) is 5.92 Å². The molecule has 2 atom stereocenters. The second-order valence-corrected chi connectivity index (χ2v) is 9.97. The van der Waals surface area contributed by atoms with Crippen molar-refractivity contribution in [1.82, 2.24) is 10.2 Å². The van der Waals surface area contributed by atoms with Crippen molar-refractivity contribution < 1.29 is 29.0 Å². The molecule has 0 unspecified atom stereocenters. The summed E-state index contributed by atoms with van der Waals surface area (Å²) in [6, 6.07) is 14.0. The molecule has 1 heterocycles. The Morgan fingerprint density at radius 3 is 2.20 bits per heavy atom. The monoisotopic (exact) mass is 480 g/mol. The van der Waals surface area contributed by atoms with E-state index in [9.17, 15) is 19.5 Å². The topological polar surface area (TPSA) is 105 Å². The average Bonchev–Trinajstić information content (AvgIpc) is 3.30. The minimum atomic E-state index is -1.15. The Kier molecular flexibility index (Phi) is 6.85. The van der Waals surface area contributed by atoms with Gasteiger partial charge in [-0.3, -0.25) is 9.69 Å². The third kappa shape index (κ3) is 4.89. The lowest BCUT2D eigenvalue weighted by Gasteiger charge is -2.35. The fourth-order valence-electron chi connectivity index (χ4n) is 5.05. The molecule has 1 fully saturated rings. The summed E-state index contributed by atoms with van der Waals surface area (Å²) in [5.74, 6) is -1.67. The molecule has 2 aromatic rings. The predicted octanol–water partition coefficient (Wildman–Crippen LogP) is 3.99. The van der Waals surface area contributed by atoms with Crippen LogP contribution in [0.4, 0.5) is 4.79 Å². The van der Waals surface area contributed by atoms with E-state index in [0.29, 0.717) is 6.42 Å². The summed E-state index contributed by atoms with van der Waals surface area (Å²) in [5.41, 5.74) is 3.34. The number of hydrogen-bond donors (Lipinski definition) is 2. The lowest BCUT2D eigenvalue weighted by Crippen LogP contribution is -2.58. The Hall–Kier alpha value is -3.39. The van der Waals surface area contributed by atoms with Crippen LogP contribution < -0.4 is 5.32 Å². The summed E-state index contributed by atoms with van der Waals surface area (Å²) in [5, 5.41) is 12.3. The molecule has 1 saturated heterocycles. The van der Waals surface area contributed by atoms with E-state index in [1.807, 2.05) is 50.2 Å². The molecule has 0 spiro atoms. The van der Waals surface area contributed by atoms with Gasteiger partial charge in [-0.1, -0.05) is 62.4 Å². The number of benzene rings is 2. The van der Waals surface area contributed by atoms with Crippen LogP contribution in [0.25, 0.3) is 11.1 Å². The van der Waals surface area contributed by atoms with Crippen molar-refractivity contribution in [3.63, 3.8) is 0 Å². The molecule has 0 aromatic heterocycles. The van der Waals surface area contributed by atoms with Gasteiger partial charge in [-0.05, 0) is 48.4 Å². The Bertz CT molecular complexity index is 1080. The van der Waals surface area contributed by atoms with Crippen LogP contribution in [-0.4, -0.2) is 59.0 Å². The van der Waals surface area contributed by atoms with Gasteiger partial charge >= 0.3 is 12.1 Å². The Morgan fingerprint density at radius 2 is 1.66 bits per heavy atom. The van der Waals surface area contributed by atoms with Gasteiger partial charge in [-0.25, -0.2) is 9.59 Å². The SMILES string of the molecule is CC(C)C[C@@H](NC(=O)OCC1c2ccccc2-c2ccccc21)C(=O)N1[C@@H](C(=O)O)COC1(C)C. The highest BCUT2D eigenvalue weighted by Crippen LogP contribution is 2.44. The maximum atomic E-state index is 13.4. The molecule has 0 bridgehead atoms. The van der Waals surface area contributed by atoms with Crippen LogP contribution in [0.2, 0.25) is 0 Å². The number of carboxylic acid groups (broad SMARTS) is 1. The molecule has 2 aliphatic rings. The maximum Gasteiger partial charge on any atom is 0.407 e. The van der Waals surface area contributed by atoms with Gasteiger partial charge in [0.05, 0.1) is 6.61 Å². The van der Waals surface area contributed by atoms with Crippen molar-refractivity contribution in [3.05, 3.63) is 59.7 Å². The number of hydrogen-bond acceptors (Lipinski definition) is 5. The lowest BCUT2D eigenvalue weighted by molar-refractivity contribution is -0.157. The molecule has 8 heteroatoms. The van der Waals surface area contributed by atoms with Crippen molar-refractivity contribution in [1.29, 1.82) is 0 Å². The van der Waals surface area contributed by atoms with E-state index in [-0.39, 0.29) is 25.0 Å². The molecule has 1 aliphatic heterocycles. The molecule has 186 valence electrons. The Labute approximate surface area is 205 Å². The number of amides is 2. The Balaban J connectivity index is 1.48. The summed E-state index contributed by atoms with van der Waals surface area (Å²) < 4.78 is 11.2. The molecule has 2 aromatic carbocycles. The van der Waals surface area contributed by atoms with Gasteiger partial charge in [-0.15, -0.1) is 0 Å². The number of ether oxygens (including phenoxy) is 2. The van der Waals surface area contributed by atoms with Crippen molar-refractivity contribution in [2.75, 3.05) is 13.2 Å². The number of carbonyl (C=O) groups is 3. The highest BCUT2D eigenvalue weighted by atomic mass is 16.6. The van der Waals surface area contributed by atoms with E-state index >= 15 is 0 Å². The molecule has 4 rings (SSSR count). The fourth-order valence-corrected chi connectivity index (χ4v) is 5.05. The van der Waals surface area contributed by atoms with Crippen LogP contribution in [-0.2, 0) is 19.1 Å². The van der Waals surface area contributed by atoms with E-state index < -0.39 is 35.8 Å². The van der Waals surface area contributed by atoms with E-state index in [4.69, 9.17) is 9.47 Å². The van der Waals surface area contributed by atoms with Crippen LogP contribution >= 0.6 is 0 Å². The highest BCUT2D eigenvalue weighted by Gasteiger charge is 2.49. The zero-order valence-electron chi connectivity index (χ0n) is 20.5. The molecule has 1 aliphatic carbocycles. The van der Waals surface area contributed by atoms with E-state index in [1.165, 1.54) is 4.90 Å². The summed E-state index contributed by atoms with van der Waals surface area (Å²) in [4.78, 5) is 39.3. The van der Waals surface area contributed by atoms with Crippen molar-refractivity contribution in [2.45, 2.75) is 57.8 Å². The zero-order chi connectivity index (χ0) is 25.3. The van der Waals surface area contributed by atoms with Crippen molar-refractivity contribution >= 4 is 18.0 Å². The number of aliphatic carboxylic acids is 1. The van der Waals surface area contributed by atoms with Crippen LogP contribution in [0, 0.1) is 5.92 Å². The Morgan fingerprint density at radius 1 is 1.09 bits per heavy atom. The summed E-state index contributed by atoms with van der Waals surface area (Å²) in [7, 11) is 0. The van der Waals surface area contributed by atoms with Gasteiger partial charge in [0.1, 0.15) is 18.4 Å². The molecule has 0 saturated carbocycles. The van der Waals surface area contributed by atoms with Gasteiger partial charge in [0.15, 0.2) is 6.04 Å². The van der Waals surface area contributed by atoms with E-state index in [0.717, 1.165) is 22.3 Å². The zero-order valence-corrected chi connectivity index (χ0v) is 20.5. The van der Waals surface area contributed by atoms with Crippen LogP contribution in [0.3, 0.4) is 0 Å². The molecule has 8 nitrogen and oxygen atoms in total. The first-order chi connectivity index (χ1) is 16.6.